The van der Waals surface area contributed by atoms with Crippen LogP contribution in [0.15, 0.2) is 47.4 Å². The molecule has 1 aliphatic rings. The predicted molar refractivity (Wildman–Crippen MR) is 95.0 cm³/mol. The Balaban J connectivity index is 1.69. The Morgan fingerprint density at radius 1 is 1.25 bits per heavy atom. The smallest absolute Gasteiger partial charge is 0.319 e. The molecule has 0 aliphatic heterocycles. The van der Waals surface area contributed by atoms with Crippen LogP contribution in [0.3, 0.4) is 0 Å². The van der Waals surface area contributed by atoms with Gasteiger partial charge in [-0.2, -0.15) is 0 Å². The van der Waals surface area contributed by atoms with Crippen LogP contribution in [0, 0.1) is 0 Å². The third-order valence-corrected chi connectivity index (χ3v) is 5.09. The zero-order chi connectivity index (χ0) is 17.1. The van der Waals surface area contributed by atoms with Crippen molar-refractivity contribution < 1.29 is 13.7 Å². The van der Waals surface area contributed by atoms with E-state index < -0.39 is 10.8 Å². The van der Waals surface area contributed by atoms with Gasteiger partial charge < -0.3 is 15.4 Å². The van der Waals surface area contributed by atoms with Gasteiger partial charge in [0.1, 0.15) is 5.75 Å². The van der Waals surface area contributed by atoms with Crippen LogP contribution in [0.5, 0.6) is 5.75 Å². The summed E-state index contributed by atoms with van der Waals surface area (Å²) in [7, 11) is 0.583. The zero-order valence-corrected chi connectivity index (χ0v) is 14.5. The normalized spacial score (nSPS) is 17.0. The average Bonchev–Trinajstić information content (AvgIpc) is 2.98. The summed E-state index contributed by atoms with van der Waals surface area (Å²) in [5.74, 6) is 0.871. The topological polar surface area (TPSA) is 67.4 Å². The summed E-state index contributed by atoms with van der Waals surface area (Å²) in [6.45, 7) is 0. The van der Waals surface area contributed by atoms with Gasteiger partial charge in [-0.3, -0.25) is 4.21 Å². The fraction of sp³-hybridized carbons (Fsp3) is 0.278. The Morgan fingerprint density at radius 2 is 2.04 bits per heavy atom. The Morgan fingerprint density at radius 3 is 2.79 bits per heavy atom. The summed E-state index contributed by atoms with van der Waals surface area (Å²) >= 11 is 0. The van der Waals surface area contributed by atoms with Crippen LogP contribution < -0.4 is 15.4 Å². The first-order chi connectivity index (χ1) is 11.6. The minimum atomic E-state index is -1.08. The maximum atomic E-state index is 12.3. The lowest BCUT2D eigenvalue weighted by Gasteiger charge is -2.15. The first kappa shape index (κ1) is 16.5. The van der Waals surface area contributed by atoms with E-state index in [-0.39, 0.29) is 12.1 Å². The number of benzene rings is 2. The van der Waals surface area contributed by atoms with Crippen LogP contribution in [-0.4, -0.2) is 23.6 Å². The second-order valence-corrected chi connectivity index (χ2v) is 7.08. The molecule has 0 heterocycles. The van der Waals surface area contributed by atoms with Crippen molar-refractivity contribution in [3.63, 3.8) is 0 Å². The van der Waals surface area contributed by atoms with E-state index in [1.165, 1.54) is 0 Å². The van der Waals surface area contributed by atoms with E-state index in [0.29, 0.717) is 10.6 Å². The second kappa shape index (κ2) is 7.05. The molecule has 1 aliphatic carbocycles. The number of methoxy groups -OCH3 is 1. The molecule has 0 unspecified atom stereocenters. The minimum Gasteiger partial charge on any atom is -0.496 e. The number of anilines is 1. The number of rotatable bonds is 4. The Kier molecular flexibility index (Phi) is 4.85. The summed E-state index contributed by atoms with van der Waals surface area (Å²) in [5.41, 5.74) is 2.89. The monoisotopic (exact) mass is 344 g/mol. The molecular weight excluding hydrogens is 324 g/mol. The van der Waals surface area contributed by atoms with Crippen molar-refractivity contribution >= 4 is 22.5 Å². The highest BCUT2D eigenvalue weighted by molar-refractivity contribution is 7.84. The zero-order valence-electron chi connectivity index (χ0n) is 13.7. The number of hydrogen-bond acceptors (Lipinski definition) is 3. The van der Waals surface area contributed by atoms with Crippen LogP contribution in [-0.2, 0) is 17.2 Å². The standard InChI is InChI=1S/C18H20N2O3S/c1-23-17-8-4-7-14-15(17)9-10-16(14)20-18(21)19-12-5-3-6-13(11-12)24(2)22/h3-8,11,16H,9-10H2,1-2H3,(H2,19,20,21)/t16-,24-/m0/s1. The summed E-state index contributed by atoms with van der Waals surface area (Å²) in [6, 6.07) is 12.7. The van der Waals surface area contributed by atoms with Crippen molar-refractivity contribution in [3.05, 3.63) is 53.6 Å². The molecule has 0 fully saturated rings. The van der Waals surface area contributed by atoms with Gasteiger partial charge in [0.25, 0.3) is 0 Å². The van der Waals surface area contributed by atoms with Gasteiger partial charge in [0.2, 0.25) is 0 Å². The maximum absolute atomic E-state index is 12.3. The molecule has 2 N–H and O–H groups in total. The van der Waals surface area contributed by atoms with Crippen molar-refractivity contribution in [1.29, 1.82) is 0 Å². The van der Waals surface area contributed by atoms with Gasteiger partial charge in [-0.25, -0.2) is 4.79 Å². The Labute approximate surface area is 143 Å². The average molecular weight is 344 g/mol. The number of urea groups is 1. The van der Waals surface area contributed by atoms with Crippen LogP contribution >= 0.6 is 0 Å². The second-order valence-electron chi connectivity index (χ2n) is 5.70. The minimum absolute atomic E-state index is 0.0291. The highest BCUT2D eigenvalue weighted by atomic mass is 32.2. The van der Waals surface area contributed by atoms with E-state index in [4.69, 9.17) is 4.74 Å². The van der Waals surface area contributed by atoms with Gasteiger partial charge in [-0.15, -0.1) is 0 Å². The molecule has 2 aromatic rings. The van der Waals surface area contributed by atoms with E-state index >= 15 is 0 Å². The van der Waals surface area contributed by atoms with Crippen LogP contribution in [0.1, 0.15) is 23.6 Å². The van der Waals surface area contributed by atoms with Crippen LogP contribution in [0.4, 0.5) is 10.5 Å². The van der Waals surface area contributed by atoms with Gasteiger partial charge in [0, 0.05) is 27.6 Å². The SMILES string of the molecule is COc1cccc2c1CC[C@@H]2NC(=O)Nc1cccc([S@](C)=O)c1. The number of carbonyl (C=O) groups excluding carboxylic acids is 1. The highest BCUT2D eigenvalue weighted by Gasteiger charge is 2.26. The molecule has 126 valence electrons. The first-order valence-corrected chi connectivity index (χ1v) is 9.31. The molecule has 3 rings (SSSR count). The summed E-state index contributed by atoms with van der Waals surface area (Å²) in [5, 5.41) is 5.81. The van der Waals surface area contributed by atoms with E-state index in [1.807, 2.05) is 18.2 Å². The molecule has 24 heavy (non-hydrogen) atoms. The lowest BCUT2D eigenvalue weighted by atomic mass is 10.1. The van der Waals surface area contributed by atoms with Crippen LogP contribution in [0.25, 0.3) is 0 Å². The molecular formula is C18H20N2O3S. The van der Waals surface area contributed by atoms with Crippen molar-refractivity contribution in [2.45, 2.75) is 23.8 Å². The number of hydrogen-bond donors (Lipinski definition) is 2. The molecule has 2 amide bonds. The predicted octanol–water partition coefficient (Wildman–Crippen LogP) is 3.24. The molecule has 5 nitrogen and oxygen atoms in total. The third-order valence-electron chi connectivity index (χ3n) is 4.18. The molecule has 0 aromatic heterocycles. The highest BCUT2D eigenvalue weighted by Crippen LogP contribution is 2.36. The number of amides is 2. The largest absolute Gasteiger partial charge is 0.496 e. The summed E-state index contributed by atoms with van der Waals surface area (Å²) in [4.78, 5) is 13.0. The number of fused-ring (bicyclic) bond motifs is 1. The van der Waals surface area contributed by atoms with Crippen molar-refractivity contribution in [2.24, 2.45) is 0 Å². The molecule has 2 aromatic carbocycles. The number of ether oxygens (including phenoxy) is 1. The maximum Gasteiger partial charge on any atom is 0.319 e. The molecule has 0 radical (unpaired) electrons. The summed E-state index contributed by atoms with van der Waals surface area (Å²) in [6.07, 6.45) is 3.35. The van der Waals surface area contributed by atoms with E-state index in [9.17, 15) is 9.00 Å². The van der Waals surface area contributed by atoms with Crippen molar-refractivity contribution in [1.82, 2.24) is 5.32 Å². The lowest BCUT2D eigenvalue weighted by molar-refractivity contribution is 0.248. The fourth-order valence-electron chi connectivity index (χ4n) is 3.04. The fourth-order valence-corrected chi connectivity index (χ4v) is 3.60. The quantitative estimate of drug-likeness (QED) is 0.895. The van der Waals surface area contributed by atoms with Crippen LogP contribution in [0.2, 0.25) is 0 Å². The molecule has 0 spiro atoms. The van der Waals surface area contributed by atoms with Gasteiger partial charge in [-0.1, -0.05) is 18.2 Å². The number of nitrogens with one attached hydrogen (secondary N) is 2. The molecule has 2 atom stereocenters. The van der Waals surface area contributed by atoms with Gasteiger partial charge >= 0.3 is 6.03 Å². The molecule has 0 saturated carbocycles. The van der Waals surface area contributed by atoms with Crippen molar-refractivity contribution in [2.75, 3.05) is 18.7 Å². The Hall–Kier alpha value is -2.34. The van der Waals surface area contributed by atoms with Gasteiger partial charge in [0.05, 0.1) is 13.2 Å². The summed E-state index contributed by atoms with van der Waals surface area (Å²) < 4.78 is 16.9. The lowest BCUT2D eigenvalue weighted by Crippen LogP contribution is -2.31. The Bertz CT molecular complexity index is 792. The molecule has 0 bridgehead atoms. The first-order valence-electron chi connectivity index (χ1n) is 7.75. The van der Waals surface area contributed by atoms with E-state index in [0.717, 1.165) is 29.7 Å². The van der Waals surface area contributed by atoms with E-state index in [1.54, 1.807) is 37.6 Å². The number of carbonyl (C=O) groups is 1. The molecule has 6 heteroatoms. The van der Waals surface area contributed by atoms with Gasteiger partial charge in [-0.05, 0) is 48.2 Å². The molecule has 0 saturated heterocycles. The van der Waals surface area contributed by atoms with Gasteiger partial charge in [0.15, 0.2) is 0 Å². The van der Waals surface area contributed by atoms with E-state index in [2.05, 4.69) is 10.6 Å². The third kappa shape index (κ3) is 3.43. The van der Waals surface area contributed by atoms with Crippen molar-refractivity contribution in [3.8, 4) is 5.75 Å².